The number of ether oxygens (including phenoxy) is 1. The third-order valence-corrected chi connectivity index (χ3v) is 7.79. The van der Waals surface area contributed by atoms with Crippen LogP contribution >= 0.6 is 0 Å². The Morgan fingerprint density at radius 3 is 3.15 bits per heavy atom. The van der Waals surface area contributed by atoms with Gasteiger partial charge in [-0.3, -0.25) is 9.69 Å². The number of aliphatic carboxylic acids is 1. The molecule has 1 spiro atoms. The predicted octanol–water partition coefficient (Wildman–Crippen LogP) is 2.24. The van der Waals surface area contributed by atoms with Crippen molar-refractivity contribution >= 4 is 11.7 Å². The minimum absolute atomic E-state index is 0.0985. The highest BCUT2D eigenvalue weighted by atomic mass is 16.5. The Morgan fingerprint density at radius 2 is 2.27 bits per heavy atom. The number of anilines is 1. The fourth-order valence-corrected chi connectivity index (χ4v) is 6.95. The number of piperidine rings is 1. The molecule has 1 aromatic rings. The summed E-state index contributed by atoms with van der Waals surface area (Å²) in [6, 6.07) is 9.56. The van der Waals surface area contributed by atoms with Gasteiger partial charge < -0.3 is 15.2 Å². The Kier molecular flexibility index (Phi) is 2.99. The van der Waals surface area contributed by atoms with Crippen molar-refractivity contribution < 1.29 is 14.6 Å². The maximum absolute atomic E-state index is 11.6. The van der Waals surface area contributed by atoms with Crippen LogP contribution in [0.25, 0.3) is 0 Å². The van der Waals surface area contributed by atoms with Gasteiger partial charge in [-0.25, -0.2) is 0 Å². The SMILES string of the molecule is O=C(O)C[C@@H]1OCC=C2CN3CC[C@]45c6ccccc6N[C@@H]4[C@H]1[C@H]2C[C@@H]35. The van der Waals surface area contributed by atoms with E-state index in [1.165, 1.54) is 16.8 Å². The summed E-state index contributed by atoms with van der Waals surface area (Å²) in [7, 11) is 0. The average Bonchev–Trinajstić information content (AvgIpc) is 3.11. The van der Waals surface area contributed by atoms with Gasteiger partial charge >= 0.3 is 5.97 Å². The van der Waals surface area contributed by atoms with E-state index in [9.17, 15) is 9.90 Å². The summed E-state index contributed by atoms with van der Waals surface area (Å²) in [5.74, 6) is -0.0844. The van der Waals surface area contributed by atoms with E-state index >= 15 is 0 Å². The molecule has 4 aliphatic heterocycles. The summed E-state index contributed by atoms with van der Waals surface area (Å²) >= 11 is 0. The molecule has 5 heteroatoms. The fourth-order valence-electron chi connectivity index (χ4n) is 6.95. The summed E-state index contributed by atoms with van der Waals surface area (Å²) in [5, 5.41) is 13.3. The molecule has 1 aliphatic carbocycles. The van der Waals surface area contributed by atoms with Crippen LogP contribution in [0.4, 0.5) is 5.69 Å². The van der Waals surface area contributed by atoms with E-state index in [4.69, 9.17) is 4.74 Å². The summed E-state index contributed by atoms with van der Waals surface area (Å²) in [6.07, 6.45) is 4.42. The summed E-state index contributed by atoms with van der Waals surface area (Å²) < 4.78 is 6.13. The second-order valence-electron chi connectivity index (χ2n) is 8.61. The van der Waals surface area contributed by atoms with Crippen LogP contribution in [0.1, 0.15) is 24.8 Å². The van der Waals surface area contributed by atoms with Gasteiger partial charge in [-0.2, -0.15) is 0 Å². The molecule has 3 fully saturated rings. The molecule has 2 bridgehead atoms. The van der Waals surface area contributed by atoms with Gasteiger partial charge in [0.05, 0.1) is 19.1 Å². The molecule has 6 rings (SSSR count). The lowest BCUT2D eigenvalue weighted by molar-refractivity contribution is -0.142. The topological polar surface area (TPSA) is 61.8 Å². The summed E-state index contributed by atoms with van der Waals surface area (Å²) in [4.78, 5) is 14.2. The van der Waals surface area contributed by atoms with E-state index in [1.807, 2.05) is 0 Å². The van der Waals surface area contributed by atoms with Crippen molar-refractivity contribution in [3.63, 3.8) is 0 Å². The molecule has 0 unspecified atom stereocenters. The van der Waals surface area contributed by atoms with Crippen LogP contribution < -0.4 is 5.32 Å². The van der Waals surface area contributed by atoms with E-state index in [1.54, 1.807) is 0 Å². The van der Waals surface area contributed by atoms with Crippen LogP contribution in [0, 0.1) is 11.8 Å². The number of para-hydroxylation sites is 1. The molecular weight excluding hydrogens is 328 g/mol. The van der Waals surface area contributed by atoms with Crippen molar-refractivity contribution in [3.05, 3.63) is 41.5 Å². The van der Waals surface area contributed by atoms with Crippen molar-refractivity contribution in [2.45, 2.75) is 42.9 Å². The number of nitrogens with zero attached hydrogens (tertiary/aromatic N) is 1. The first-order valence-electron chi connectivity index (χ1n) is 9.81. The first-order chi connectivity index (χ1) is 12.7. The molecule has 4 heterocycles. The maximum atomic E-state index is 11.6. The predicted molar refractivity (Wildman–Crippen MR) is 97.2 cm³/mol. The van der Waals surface area contributed by atoms with Gasteiger partial charge in [0.25, 0.3) is 0 Å². The summed E-state index contributed by atoms with van der Waals surface area (Å²) in [5.41, 5.74) is 4.28. The Bertz CT molecular complexity index is 821. The van der Waals surface area contributed by atoms with Gasteiger partial charge in [0.2, 0.25) is 0 Å². The number of hydrogen-bond acceptors (Lipinski definition) is 4. The van der Waals surface area contributed by atoms with Gasteiger partial charge in [0.15, 0.2) is 0 Å². The normalized spacial score (nSPS) is 42.3. The van der Waals surface area contributed by atoms with E-state index in [2.05, 4.69) is 40.6 Å². The molecular formula is C21H24N2O3. The zero-order chi connectivity index (χ0) is 17.5. The minimum atomic E-state index is -0.756. The molecule has 1 aromatic carbocycles. The maximum Gasteiger partial charge on any atom is 0.305 e. The lowest BCUT2D eigenvalue weighted by atomic mass is 9.54. The van der Waals surface area contributed by atoms with Gasteiger partial charge in [-0.1, -0.05) is 29.8 Å². The van der Waals surface area contributed by atoms with Crippen LogP contribution in [0.5, 0.6) is 0 Å². The van der Waals surface area contributed by atoms with Crippen molar-refractivity contribution in [1.29, 1.82) is 0 Å². The molecule has 5 nitrogen and oxygen atoms in total. The number of rotatable bonds is 2. The van der Waals surface area contributed by atoms with Crippen molar-refractivity contribution in [2.24, 2.45) is 11.8 Å². The van der Waals surface area contributed by atoms with E-state index in [0.29, 0.717) is 18.6 Å². The van der Waals surface area contributed by atoms with Gasteiger partial charge in [0.1, 0.15) is 0 Å². The van der Waals surface area contributed by atoms with Gasteiger partial charge in [-0.05, 0) is 36.9 Å². The second kappa shape index (κ2) is 5.11. The number of carbonyl (C=O) groups is 1. The van der Waals surface area contributed by atoms with Crippen molar-refractivity contribution in [2.75, 3.05) is 25.0 Å². The Labute approximate surface area is 153 Å². The number of benzene rings is 1. The average molecular weight is 352 g/mol. The van der Waals surface area contributed by atoms with Crippen molar-refractivity contribution in [1.82, 2.24) is 4.90 Å². The fraction of sp³-hybridized carbons (Fsp3) is 0.571. The number of carboxylic acid groups (broad SMARTS) is 1. The number of carboxylic acids is 1. The van der Waals surface area contributed by atoms with E-state index < -0.39 is 5.97 Å². The molecule has 136 valence electrons. The lowest BCUT2D eigenvalue weighted by Gasteiger charge is -2.55. The lowest BCUT2D eigenvalue weighted by Crippen LogP contribution is -2.64. The van der Waals surface area contributed by atoms with Crippen LogP contribution in [-0.4, -0.2) is 53.9 Å². The molecule has 0 aromatic heterocycles. The largest absolute Gasteiger partial charge is 0.481 e. The zero-order valence-corrected chi connectivity index (χ0v) is 14.7. The number of nitrogens with one attached hydrogen (secondary N) is 1. The Hall–Kier alpha value is -1.85. The minimum Gasteiger partial charge on any atom is -0.481 e. The third kappa shape index (κ3) is 1.75. The highest BCUT2D eigenvalue weighted by Gasteiger charge is 2.66. The first-order valence-corrected chi connectivity index (χ1v) is 9.81. The molecule has 26 heavy (non-hydrogen) atoms. The first kappa shape index (κ1) is 15.2. The molecule has 5 aliphatic rings. The van der Waals surface area contributed by atoms with Gasteiger partial charge in [-0.15, -0.1) is 0 Å². The molecule has 0 amide bonds. The third-order valence-electron chi connectivity index (χ3n) is 7.79. The molecule has 0 radical (unpaired) electrons. The van der Waals surface area contributed by atoms with Crippen LogP contribution in [0.2, 0.25) is 0 Å². The van der Waals surface area contributed by atoms with Crippen LogP contribution in [0.15, 0.2) is 35.9 Å². The van der Waals surface area contributed by atoms with Gasteiger partial charge in [0, 0.05) is 35.6 Å². The Morgan fingerprint density at radius 1 is 1.38 bits per heavy atom. The monoisotopic (exact) mass is 352 g/mol. The van der Waals surface area contributed by atoms with Crippen LogP contribution in [-0.2, 0) is 14.9 Å². The summed E-state index contributed by atoms with van der Waals surface area (Å²) in [6.45, 7) is 2.72. The Balaban J connectivity index is 1.53. The number of hydrogen-bond donors (Lipinski definition) is 2. The highest BCUT2D eigenvalue weighted by Crippen LogP contribution is 2.62. The zero-order valence-electron chi connectivity index (χ0n) is 14.7. The highest BCUT2D eigenvalue weighted by molar-refractivity contribution is 5.68. The molecule has 6 atom stereocenters. The van der Waals surface area contributed by atoms with E-state index in [0.717, 1.165) is 25.9 Å². The standard InChI is InChI=1S/C21H24N2O3/c24-18(25)10-16-19-13-9-17-21(6-7-23(17)11-12(13)5-8-26-16)14-3-1-2-4-15(14)22-20(19)21/h1-5,13,16-17,19-20,22H,6-11H2,(H,24,25)/t13-,16-,17+,19-,20+,21+/m0/s1. The van der Waals surface area contributed by atoms with Crippen molar-refractivity contribution in [3.8, 4) is 0 Å². The molecule has 2 saturated heterocycles. The van der Waals surface area contributed by atoms with Crippen LogP contribution in [0.3, 0.4) is 0 Å². The van der Waals surface area contributed by atoms with E-state index in [-0.39, 0.29) is 29.9 Å². The number of fused-ring (bicyclic) bond motifs is 2. The smallest absolute Gasteiger partial charge is 0.305 e. The second-order valence-corrected chi connectivity index (χ2v) is 8.61. The molecule has 2 N–H and O–H groups in total. The molecule has 1 saturated carbocycles. The quantitative estimate of drug-likeness (QED) is 0.800.